The van der Waals surface area contributed by atoms with Crippen LogP contribution < -0.4 is 0 Å². The number of nitriles is 2. The van der Waals surface area contributed by atoms with Gasteiger partial charge in [-0.15, -0.1) is 11.3 Å². The highest BCUT2D eigenvalue weighted by Crippen LogP contribution is 2.50. The molecule has 8 rings (SSSR count). The molecule has 7 aromatic rings. The van der Waals surface area contributed by atoms with Gasteiger partial charge in [-0.05, 0) is 96.8 Å². The molecule has 0 radical (unpaired) electrons. The Kier molecular flexibility index (Phi) is 5.91. The fourth-order valence-electron chi connectivity index (χ4n) is 7.18. The standard InChI is InChI=1S/C41H29N3S/c1-5-8-28-24(2)41(3,4)35-21-40-34(20-31(28)35)33-19-27(13-16-39(33)45-40)29-14-11-26(23-43)18-38(29)44-36-10-7-6-9-30(36)32-17-25(22-42)12-15-37(32)44/h5-21H,1-4H3/b8-5-. The molecular formula is C41H29N3S. The van der Waals surface area contributed by atoms with Crippen LogP contribution in [-0.2, 0) is 5.41 Å². The number of nitrogens with zero attached hydrogens (tertiary/aromatic N) is 3. The Balaban J connectivity index is 1.39. The Morgan fingerprint density at radius 3 is 2.24 bits per heavy atom. The molecule has 1 aliphatic carbocycles. The molecule has 0 spiro atoms. The lowest BCUT2D eigenvalue weighted by atomic mass is 9.82. The molecule has 45 heavy (non-hydrogen) atoms. The fourth-order valence-corrected chi connectivity index (χ4v) is 8.29. The largest absolute Gasteiger partial charge is 0.309 e. The van der Waals surface area contributed by atoms with E-state index in [2.05, 4.69) is 105 Å². The van der Waals surface area contributed by atoms with Crippen LogP contribution in [0.1, 0.15) is 49.9 Å². The third-order valence-corrected chi connectivity index (χ3v) is 10.9. The van der Waals surface area contributed by atoms with Crippen LogP contribution in [-0.4, -0.2) is 4.57 Å². The first kappa shape index (κ1) is 27.2. The fraction of sp³-hybridized carbons (Fsp3) is 0.122. The van der Waals surface area contributed by atoms with Crippen molar-refractivity contribution in [3.05, 3.63) is 131 Å². The van der Waals surface area contributed by atoms with E-state index in [1.807, 2.05) is 53.8 Å². The van der Waals surface area contributed by atoms with Gasteiger partial charge in [-0.25, -0.2) is 0 Å². The highest BCUT2D eigenvalue weighted by atomic mass is 32.1. The van der Waals surface area contributed by atoms with E-state index in [-0.39, 0.29) is 5.41 Å². The van der Waals surface area contributed by atoms with Crippen LogP contribution in [0.4, 0.5) is 0 Å². The molecule has 214 valence electrons. The number of allylic oxidation sites excluding steroid dienone is 4. The van der Waals surface area contributed by atoms with Gasteiger partial charge < -0.3 is 4.57 Å². The summed E-state index contributed by atoms with van der Waals surface area (Å²) < 4.78 is 4.81. The van der Waals surface area contributed by atoms with Crippen molar-refractivity contribution in [3.63, 3.8) is 0 Å². The minimum Gasteiger partial charge on any atom is -0.309 e. The normalized spacial score (nSPS) is 14.2. The monoisotopic (exact) mass is 595 g/mol. The quantitative estimate of drug-likeness (QED) is 0.204. The molecule has 0 N–H and O–H groups in total. The highest BCUT2D eigenvalue weighted by molar-refractivity contribution is 7.25. The SMILES string of the molecule is C/C=C\C1=C(C)C(C)(C)c2cc3sc4ccc(-c5ccc(C#N)cc5-n5c6ccccc6c6cc(C#N)ccc65)cc4c3cc21. The molecule has 0 fully saturated rings. The minimum absolute atomic E-state index is 0.00654. The zero-order valence-electron chi connectivity index (χ0n) is 25.6. The Morgan fingerprint density at radius 1 is 0.711 bits per heavy atom. The number of benzene rings is 5. The van der Waals surface area contributed by atoms with E-state index in [1.54, 1.807) is 0 Å². The second kappa shape index (κ2) is 9.80. The molecule has 0 unspecified atom stereocenters. The molecule has 2 aromatic heterocycles. The number of aromatic nitrogens is 1. The second-order valence-corrected chi connectivity index (χ2v) is 13.5. The summed E-state index contributed by atoms with van der Waals surface area (Å²) in [6.07, 6.45) is 4.39. The van der Waals surface area contributed by atoms with Crippen molar-refractivity contribution >= 4 is 58.9 Å². The van der Waals surface area contributed by atoms with Crippen molar-refractivity contribution in [1.82, 2.24) is 4.57 Å². The molecule has 0 aliphatic heterocycles. The van der Waals surface area contributed by atoms with Crippen molar-refractivity contribution in [2.24, 2.45) is 0 Å². The Labute approximate surface area is 266 Å². The van der Waals surface area contributed by atoms with Gasteiger partial charge in [-0.2, -0.15) is 10.5 Å². The smallest absolute Gasteiger partial charge is 0.0992 e. The summed E-state index contributed by atoms with van der Waals surface area (Å²) in [5.41, 5.74) is 11.8. The van der Waals surface area contributed by atoms with Gasteiger partial charge in [-0.1, -0.05) is 61.9 Å². The third-order valence-electron chi connectivity index (χ3n) is 9.73. The average molecular weight is 596 g/mol. The first-order valence-corrected chi connectivity index (χ1v) is 16.0. The highest BCUT2D eigenvalue weighted by Gasteiger charge is 2.35. The van der Waals surface area contributed by atoms with Gasteiger partial charge in [0.1, 0.15) is 0 Å². The first-order chi connectivity index (χ1) is 21.8. The first-order valence-electron chi connectivity index (χ1n) is 15.2. The van der Waals surface area contributed by atoms with Gasteiger partial charge in [0.15, 0.2) is 0 Å². The lowest BCUT2D eigenvalue weighted by molar-refractivity contribution is 0.640. The van der Waals surface area contributed by atoms with Crippen molar-refractivity contribution in [2.75, 3.05) is 0 Å². The number of hydrogen-bond acceptors (Lipinski definition) is 3. The zero-order chi connectivity index (χ0) is 31.0. The molecule has 5 aromatic carbocycles. The Bertz CT molecular complexity index is 2550. The van der Waals surface area contributed by atoms with E-state index in [0.717, 1.165) is 38.6 Å². The molecule has 0 bridgehead atoms. The van der Waals surface area contributed by atoms with Crippen molar-refractivity contribution < 1.29 is 0 Å². The maximum absolute atomic E-state index is 9.94. The molecule has 1 aliphatic rings. The Morgan fingerprint density at radius 2 is 1.44 bits per heavy atom. The summed E-state index contributed by atoms with van der Waals surface area (Å²) in [5, 5.41) is 24.2. The van der Waals surface area contributed by atoms with Crippen LogP contribution in [0, 0.1) is 22.7 Å². The van der Waals surface area contributed by atoms with Gasteiger partial charge in [0.25, 0.3) is 0 Å². The lowest BCUT2D eigenvalue weighted by Gasteiger charge is -2.22. The molecular weight excluding hydrogens is 567 g/mol. The summed E-state index contributed by atoms with van der Waals surface area (Å²) in [4.78, 5) is 0. The van der Waals surface area contributed by atoms with Crippen molar-refractivity contribution in [2.45, 2.75) is 33.1 Å². The van der Waals surface area contributed by atoms with Gasteiger partial charge in [0.05, 0.1) is 40.0 Å². The van der Waals surface area contributed by atoms with E-state index in [1.165, 1.54) is 42.4 Å². The van der Waals surface area contributed by atoms with Gasteiger partial charge in [-0.3, -0.25) is 0 Å². The van der Waals surface area contributed by atoms with Gasteiger partial charge >= 0.3 is 0 Å². The van der Waals surface area contributed by atoms with Crippen molar-refractivity contribution in [1.29, 1.82) is 10.5 Å². The van der Waals surface area contributed by atoms with Crippen LogP contribution in [0.3, 0.4) is 0 Å². The van der Waals surface area contributed by atoms with Crippen LogP contribution in [0.25, 0.3) is 64.4 Å². The summed E-state index contributed by atoms with van der Waals surface area (Å²) in [6, 6.07) is 36.3. The number of rotatable bonds is 3. The number of hydrogen-bond donors (Lipinski definition) is 0. The second-order valence-electron chi connectivity index (χ2n) is 12.4. The summed E-state index contributed by atoms with van der Waals surface area (Å²) in [5.74, 6) is 0. The van der Waals surface area contributed by atoms with E-state index in [0.29, 0.717) is 11.1 Å². The Hall–Kier alpha value is -5.42. The summed E-state index contributed by atoms with van der Waals surface area (Å²) in [6.45, 7) is 9.01. The molecule has 0 saturated carbocycles. The third kappa shape index (κ3) is 3.86. The predicted octanol–water partition coefficient (Wildman–Crippen LogP) is 11.2. The lowest BCUT2D eigenvalue weighted by Crippen LogP contribution is -2.15. The minimum atomic E-state index is -0.00654. The summed E-state index contributed by atoms with van der Waals surface area (Å²) in [7, 11) is 0. The molecule has 3 nitrogen and oxygen atoms in total. The number of para-hydroxylation sites is 1. The van der Waals surface area contributed by atoms with Gasteiger partial charge in [0, 0.05) is 41.9 Å². The zero-order valence-corrected chi connectivity index (χ0v) is 26.4. The van der Waals surface area contributed by atoms with E-state index in [4.69, 9.17) is 0 Å². The number of fused-ring (bicyclic) bond motifs is 7. The predicted molar refractivity (Wildman–Crippen MR) is 189 cm³/mol. The topological polar surface area (TPSA) is 52.5 Å². The van der Waals surface area contributed by atoms with Crippen LogP contribution in [0.15, 0.2) is 109 Å². The van der Waals surface area contributed by atoms with E-state index >= 15 is 0 Å². The van der Waals surface area contributed by atoms with Crippen LogP contribution in [0.5, 0.6) is 0 Å². The molecule has 0 atom stereocenters. The van der Waals surface area contributed by atoms with Crippen molar-refractivity contribution in [3.8, 4) is 29.0 Å². The average Bonchev–Trinajstić information content (AvgIpc) is 3.65. The molecule has 2 heterocycles. The maximum Gasteiger partial charge on any atom is 0.0992 e. The summed E-state index contributed by atoms with van der Waals surface area (Å²) >= 11 is 1.85. The number of thiophene rings is 1. The maximum atomic E-state index is 9.94. The van der Waals surface area contributed by atoms with E-state index in [9.17, 15) is 10.5 Å². The molecule has 0 amide bonds. The van der Waals surface area contributed by atoms with E-state index < -0.39 is 0 Å². The molecule has 4 heteroatoms. The van der Waals surface area contributed by atoms with Gasteiger partial charge in [0.2, 0.25) is 0 Å². The van der Waals surface area contributed by atoms with Crippen LogP contribution >= 0.6 is 11.3 Å². The van der Waals surface area contributed by atoms with Crippen LogP contribution in [0.2, 0.25) is 0 Å². The molecule has 0 saturated heterocycles.